The summed E-state index contributed by atoms with van der Waals surface area (Å²) in [5.41, 5.74) is 2.43. The highest BCUT2D eigenvalue weighted by Gasteiger charge is 2.20. The summed E-state index contributed by atoms with van der Waals surface area (Å²) in [6.07, 6.45) is 7.29. The highest BCUT2D eigenvalue weighted by molar-refractivity contribution is 5.99. The second-order valence-corrected chi connectivity index (χ2v) is 10.4. The molecule has 42 heavy (non-hydrogen) atoms. The van der Waals surface area contributed by atoms with E-state index in [1.165, 1.54) is 22.8 Å². The number of hydrogen-bond acceptors (Lipinski definition) is 8. The highest BCUT2D eigenvalue weighted by atomic mass is 19.1. The zero-order valence-corrected chi connectivity index (χ0v) is 23.5. The number of rotatable bonds is 7. The van der Waals surface area contributed by atoms with Gasteiger partial charge in [-0.15, -0.1) is 0 Å². The average molecular weight is 569 g/mol. The molecule has 0 aliphatic carbocycles. The third-order valence-electron chi connectivity index (χ3n) is 6.01. The first-order valence-electron chi connectivity index (χ1n) is 13.0. The van der Waals surface area contributed by atoms with Crippen molar-refractivity contribution in [2.45, 2.75) is 26.4 Å². The molecule has 5 rings (SSSR count). The van der Waals surface area contributed by atoms with Gasteiger partial charge in [-0.3, -0.25) is 14.0 Å². The van der Waals surface area contributed by atoms with Gasteiger partial charge in [0.25, 0.3) is 0 Å². The smallest absolute Gasteiger partial charge is 0.418 e. The molecule has 0 atom stereocenters. The van der Waals surface area contributed by atoms with Crippen LogP contribution in [0.2, 0.25) is 0 Å². The number of hydrogen-bond donors (Lipinski definition) is 3. The molecule has 3 N–H and O–H groups in total. The molecule has 0 fully saturated rings. The van der Waals surface area contributed by atoms with E-state index in [-0.39, 0.29) is 11.6 Å². The molecule has 12 heteroatoms. The number of amides is 1. The topological polar surface area (TPSA) is 128 Å². The van der Waals surface area contributed by atoms with E-state index < -0.39 is 23.4 Å². The molecule has 0 aliphatic rings. The van der Waals surface area contributed by atoms with Gasteiger partial charge in [0.2, 0.25) is 11.9 Å². The monoisotopic (exact) mass is 568 g/mol. The Morgan fingerprint density at radius 2 is 1.86 bits per heavy atom. The van der Waals surface area contributed by atoms with Crippen LogP contribution >= 0.6 is 0 Å². The van der Waals surface area contributed by atoms with Crippen molar-refractivity contribution in [3.63, 3.8) is 0 Å². The second kappa shape index (κ2) is 11.2. The summed E-state index contributed by atoms with van der Waals surface area (Å²) >= 11 is 0. The van der Waals surface area contributed by atoms with Crippen LogP contribution in [-0.4, -0.2) is 41.9 Å². The first kappa shape index (κ1) is 28.0. The third-order valence-corrected chi connectivity index (χ3v) is 6.01. The van der Waals surface area contributed by atoms with Gasteiger partial charge >= 0.3 is 6.09 Å². The number of nitrogens with zero attached hydrogens (tertiary/aromatic N) is 5. The van der Waals surface area contributed by atoms with Gasteiger partial charge in [0, 0.05) is 42.3 Å². The Morgan fingerprint density at radius 3 is 2.57 bits per heavy atom. The number of carbonyl (C=O) groups is 2. The van der Waals surface area contributed by atoms with Gasteiger partial charge < -0.3 is 20.7 Å². The van der Waals surface area contributed by atoms with Crippen LogP contribution in [0.1, 0.15) is 20.8 Å². The van der Waals surface area contributed by atoms with E-state index in [9.17, 15) is 14.0 Å². The SMILES string of the molecule is C=CC(=O)Nc1ccc(F)c(Nc2nc(Nc3cnn(C)c3)ncc2-c2ccc3c(ccn3C(=O)OC(C)(C)C)c2)c1. The lowest BCUT2D eigenvalue weighted by Gasteiger charge is -2.19. The Labute approximate surface area is 241 Å². The number of fused-ring (bicyclic) bond motifs is 1. The van der Waals surface area contributed by atoms with Gasteiger partial charge in [0.15, 0.2) is 0 Å². The summed E-state index contributed by atoms with van der Waals surface area (Å²) in [4.78, 5) is 33.6. The van der Waals surface area contributed by atoms with E-state index in [0.717, 1.165) is 17.0 Å². The van der Waals surface area contributed by atoms with E-state index in [4.69, 9.17) is 4.74 Å². The fourth-order valence-electron chi connectivity index (χ4n) is 4.16. The largest absolute Gasteiger partial charge is 0.443 e. The summed E-state index contributed by atoms with van der Waals surface area (Å²) in [5.74, 6) is -0.427. The third kappa shape index (κ3) is 6.28. The maximum absolute atomic E-state index is 15.0. The Balaban J connectivity index is 1.54. The van der Waals surface area contributed by atoms with Crippen LogP contribution in [-0.2, 0) is 16.6 Å². The predicted molar refractivity (Wildman–Crippen MR) is 160 cm³/mol. The quantitative estimate of drug-likeness (QED) is 0.193. The van der Waals surface area contributed by atoms with Crippen molar-refractivity contribution in [1.82, 2.24) is 24.3 Å². The summed E-state index contributed by atoms with van der Waals surface area (Å²) in [5, 5.41) is 13.7. The molecule has 0 spiro atoms. The number of nitrogens with one attached hydrogen (secondary N) is 3. The molecule has 0 radical (unpaired) electrons. The standard InChI is InChI=1S/C30H29FN8O3/c1-6-26(40)34-20-8-9-23(31)24(14-20)36-27-22(16-32-28(37-27)35-21-15-33-38(5)17-21)18-7-10-25-19(13-18)11-12-39(25)29(41)42-30(2,3)4/h6-17H,1H2,2-5H3,(H,34,40)(H2,32,35,36,37). The number of anilines is 5. The number of benzene rings is 2. The Kier molecular flexibility index (Phi) is 7.45. The molecule has 0 unspecified atom stereocenters. The number of carbonyl (C=O) groups excluding carboxylic acids is 2. The van der Waals surface area contributed by atoms with Crippen molar-refractivity contribution < 1.29 is 18.7 Å². The van der Waals surface area contributed by atoms with E-state index in [1.807, 2.05) is 32.9 Å². The minimum absolute atomic E-state index is 0.0845. The molecule has 3 aromatic heterocycles. The predicted octanol–water partition coefficient (Wildman–Crippen LogP) is 6.37. The lowest BCUT2D eigenvalue weighted by atomic mass is 10.1. The molecule has 0 aliphatic heterocycles. The molecule has 0 bridgehead atoms. The second-order valence-electron chi connectivity index (χ2n) is 10.4. The minimum atomic E-state index is -0.641. The molecular formula is C30H29FN8O3. The van der Waals surface area contributed by atoms with Gasteiger partial charge in [-0.2, -0.15) is 10.1 Å². The van der Waals surface area contributed by atoms with E-state index >= 15 is 0 Å². The van der Waals surface area contributed by atoms with Crippen LogP contribution in [0.5, 0.6) is 0 Å². The van der Waals surface area contributed by atoms with Crippen LogP contribution < -0.4 is 16.0 Å². The van der Waals surface area contributed by atoms with E-state index in [1.54, 1.807) is 48.6 Å². The van der Waals surface area contributed by atoms with Crippen molar-refractivity contribution in [3.05, 3.63) is 85.7 Å². The van der Waals surface area contributed by atoms with Gasteiger partial charge in [-0.1, -0.05) is 12.6 Å². The summed E-state index contributed by atoms with van der Waals surface area (Å²) < 4.78 is 23.5. The molecule has 5 aromatic rings. The van der Waals surface area contributed by atoms with Crippen molar-refractivity contribution in [2.24, 2.45) is 7.05 Å². The molecule has 11 nitrogen and oxygen atoms in total. The average Bonchev–Trinajstić information content (AvgIpc) is 3.55. The zero-order chi connectivity index (χ0) is 30.0. The first-order chi connectivity index (χ1) is 20.0. The Hall–Kier alpha value is -5.52. The molecule has 2 aromatic carbocycles. The van der Waals surface area contributed by atoms with Crippen LogP contribution in [0, 0.1) is 5.82 Å². The Bertz CT molecular complexity index is 1820. The number of aromatic nitrogens is 5. The summed E-state index contributed by atoms with van der Waals surface area (Å²) in [7, 11) is 1.79. The van der Waals surface area contributed by atoms with Gasteiger partial charge in [-0.05, 0) is 68.8 Å². The van der Waals surface area contributed by atoms with Crippen molar-refractivity contribution >= 4 is 51.7 Å². The molecular weight excluding hydrogens is 539 g/mol. The normalized spacial score (nSPS) is 11.3. The van der Waals surface area contributed by atoms with Gasteiger partial charge in [0.05, 0.1) is 23.1 Å². The van der Waals surface area contributed by atoms with Crippen LogP contribution in [0.3, 0.4) is 0 Å². The fourth-order valence-corrected chi connectivity index (χ4v) is 4.16. The zero-order valence-electron chi connectivity index (χ0n) is 23.5. The molecule has 0 saturated carbocycles. The fraction of sp³-hybridized carbons (Fsp3) is 0.167. The first-order valence-corrected chi connectivity index (χ1v) is 13.0. The summed E-state index contributed by atoms with van der Waals surface area (Å²) in [6.45, 7) is 8.87. The lowest BCUT2D eigenvalue weighted by molar-refractivity contribution is -0.111. The highest BCUT2D eigenvalue weighted by Crippen LogP contribution is 2.33. The lowest BCUT2D eigenvalue weighted by Crippen LogP contribution is -2.26. The summed E-state index contributed by atoms with van der Waals surface area (Å²) in [6, 6.07) is 11.4. The minimum Gasteiger partial charge on any atom is -0.443 e. The molecule has 0 saturated heterocycles. The van der Waals surface area contributed by atoms with Crippen molar-refractivity contribution in [3.8, 4) is 11.1 Å². The van der Waals surface area contributed by atoms with Crippen molar-refractivity contribution in [2.75, 3.05) is 16.0 Å². The van der Waals surface area contributed by atoms with Crippen molar-refractivity contribution in [1.29, 1.82) is 0 Å². The Morgan fingerprint density at radius 1 is 1.05 bits per heavy atom. The maximum Gasteiger partial charge on any atom is 0.418 e. The number of aryl methyl sites for hydroxylation is 1. The van der Waals surface area contributed by atoms with Crippen LogP contribution in [0.15, 0.2) is 79.9 Å². The maximum atomic E-state index is 15.0. The molecule has 3 heterocycles. The van der Waals surface area contributed by atoms with Gasteiger partial charge in [-0.25, -0.2) is 14.2 Å². The van der Waals surface area contributed by atoms with Crippen LogP contribution in [0.4, 0.5) is 38.0 Å². The molecule has 1 amide bonds. The number of halogens is 1. The van der Waals surface area contributed by atoms with E-state index in [0.29, 0.717) is 28.3 Å². The van der Waals surface area contributed by atoms with Gasteiger partial charge in [0.1, 0.15) is 17.2 Å². The number of ether oxygens (including phenoxy) is 1. The van der Waals surface area contributed by atoms with Crippen LogP contribution in [0.25, 0.3) is 22.0 Å². The molecule has 214 valence electrons. The van der Waals surface area contributed by atoms with E-state index in [2.05, 4.69) is 37.6 Å².